The molecule has 6 heterocycles. The molecule has 3 aliphatic heterocycles. The second kappa shape index (κ2) is 11.9. The fourth-order valence-corrected chi connectivity index (χ4v) is 7.97. The summed E-state index contributed by atoms with van der Waals surface area (Å²) in [7, 11) is 0. The number of aromatic nitrogens is 5. The van der Waals surface area contributed by atoms with E-state index in [0.29, 0.717) is 78.7 Å². The molecule has 3 aliphatic rings. The van der Waals surface area contributed by atoms with Gasteiger partial charge in [-0.25, -0.2) is 13.2 Å². The van der Waals surface area contributed by atoms with E-state index in [4.69, 9.17) is 9.72 Å². The van der Waals surface area contributed by atoms with E-state index in [-0.39, 0.29) is 41.7 Å². The van der Waals surface area contributed by atoms with Crippen LogP contribution in [0, 0.1) is 11.6 Å². The lowest BCUT2D eigenvalue weighted by atomic mass is 9.94. The van der Waals surface area contributed by atoms with Crippen LogP contribution in [-0.4, -0.2) is 77.8 Å². The van der Waals surface area contributed by atoms with Gasteiger partial charge in [0.25, 0.3) is 0 Å². The number of nitrogens with zero attached hydrogens (tertiary/aromatic N) is 7. The molecule has 2 fully saturated rings. The van der Waals surface area contributed by atoms with Crippen LogP contribution in [0.1, 0.15) is 49.6 Å². The van der Waals surface area contributed by atoms with Gasteiger partial charge >= 0.3 is 6.01 Å². The Kier molecular flexibility index (Phi) is 7.63. The number of halogens is 3. The number of pyridine rings is 1. The third-order valence-corrected chi connectivity index (χ3v) is 10.2. The van der Waals surface area contributed by atoms with Crippen LogP contribution in [0.2, 0.25) is 0 Å². The standard InChI is InChI=1S/C35H36F3N7O3/c1-2-25-28(37)6-5-20-11-24(47)13-26(29(20)25)31-30(38)32-27(15-39-31)33(43-8-4-10-45-23(17-43)12-22(18-46)42-45)41-34(40-32)48-19-35-7-3-9-44(35)16-21(36)14-35/h5-6,11-13,15,21,46-47H,2-4,7-10,14,16-19H2,1H3/t21-,35+/m1/s1. The average Bonchev–Trinajstić information content (AvgIpc) is 3.70. The van der Waals surface area contributed by atoms with Gasteiger partial charge in [-0.1, -0.05) is 13.0 Å². The van der Waals surface area contributed by atoms with Crippen LogP contribution in [0.15, 0.2) is 36.5 Å². The fraction of sp³-hybridized carbons (Fsp3) is 0.429. The predicted molar refractivity (Wildman–Crippen MR) is 174 cm³/mol. The highest BCUT2D eigenvalue weighted by Gasteiger charge is 2.49. The zero-order valence-corrected chi connectivity index (χ0v) is 26.6. The van der Waals surface area contributed by atoms with Gasteiger partial charge in [-0.2, -0.15) is 15.1 Å². The van der Waals surface area contributed by atoms with E-state index < -0.39 is 23.3 Å². The highest BCUT2D eigenvalue weighted by atomic mass is 19.1. The van der Waals surface area contributed by atoms with Crippen LogP contribution in [0.3, 0.4) is 0 Å². The summed E-state index contributed by atoms with van der Waals surface area (Å²) in [6.07, 6.45) is 3.74. The summed E-state index contributed by atoms with van der Waals surface area (Å²) in [5.41, 5.74) is 1.49. The summed E-state index contributed by atoms with van der Waals surface area (Å²) in [4.78, 5) is 18.1. The molecule has 0 saturated carbocycles. The summed E-state index contributed by atoms with van der Waals surface area (Å²) in [6.45, 7) is 4.57. The van der Waals surface area contributed by atoms with Crippen molar-refractivity contribution in [3.8, 4) is 23.0 Å². The van der Waals surface area contributed by atoms with Crippen molar-refractivity contribution in [2.24, 2.45) is 0 Å². The van der Waals surface area contributed by atoms with E-state index >= 15 is 8.78 Å². The van der Waals surface area contributed by atoms with Gasteiger partial charge in [-0.3, -0.25) is 14.6 Å². The minimum atomic E-state index is -0.936. The van der Waals surface area contributed by atoms with E-state index in [1.807, 2.05) is 22.6 Å². The third-order valence-electron chi connectivity index (χ3n) is 10.2. The average molecular weight is 660 g/mol. The molecular weight excluding hydrogens is 623 g/mol. The fourth-order valence-electron chi connectivity index (χ4n) is 7.97. The molecule has 48 heavy (non-hydrogen) atoms. The first kappa shape index (κ1) is 30.8. The minimum absolute atomic E-state index is 0.0321. The first-order chi connectivity index (χ1) is 23.3. The Morgan fingerprint density at radius 1 is 1.08 bits per heavy atom. The van der Waals surface area contributed by atoms with Crippen LogP contribution in [0.4, 0.5) is 19.0 Å². The number of hydrogen-bond donors (Lipinski definition) is 2. The molecule has 8 rings (SSSR count). The van der Waals surface area contributed by atoms with Crippen LogP contribution in [-0.2, 0) is 26.1 Å². The molecule has 3 aromatic heterocycles. The molecule has 0 spiro atoms. The van der Waals surface area contributed by atoms with Crippen LogP contribution in [0.25, 0.3) is 32.9 Å². The number of benzene rings is 2. The molecule has 10 nitrogen and oxygen atoms in total. The molecule has 2 atom stereocenters. The van der Waals surface area contributed by atoms with Gasteiger partial charge in [0.15, 0.2) is 5.82 Å². The van der Waals surface area contributed by atoms with Crippen LogP contribution >= 0.6 is 0 Å². The molecular formula is C35H36F3N7O3. The summed E-state index contributed by atoms with van der Waals surface area (Å²) in [5.74, 6) is -0.867. The van der Waals surface area contributed by atoms with Crippen molar-refractivity contribution in [1.82, 2.24) is 29.6 Å². The Balaban J connectivity index is 1.28. The highest BCUT2D eigenvalue weighted by molar-refractivity contribution is 6.01. The SMILES string of the molecule is CCc1c(F)ccc2cc(O)cc(-c3ncc4c(N5CCCn6nc(CO)cc6C5)nc(OC[C@@]56CCCN5C[C@H](F)C6)nc4c3F)c12. The lowest BCUT2D eigenvalue weighted by molar-refractivity contribution is 0.107. The Labute approximate surface area is 274 Å². The predicted octanol–water partition coefficient (Wildman–Crippen LogP) is 5.45. The van der Waals surface area contributed by atoms with Crippen LogP contribution in [0.5, 0.6) is 11.8 Å². The first-order valence-electron chi connectivity index (χ1n) is 16.5. The molecule has 13 heteroatoms. The van der Waals surface area contributed by atoms with Gasteiger partial charge < -0.3 is 19.8 Å². The van der Waals surface area contributed by atoms with Crippen molar-refractivity contribution < 1.29 is 28.1 Å². The van der Waals surface area contributed by atoms with E-state index in [9.17, 15) is 14.6 Å². The summed E-state index contributed by atoms with van der Waals surface area (Å²) in [5, 5.41) is 26.2. The van der Waals surface area contributed by atoms with Gasteiger partial charge in [0.2, 0.25) is 0 Å². The topological polar surface area (TPSA) is 113 Å². The third kappa shape index (κ3) is 5.11. The number of alkyl halides is 1. The van der Waals surface area contributed by atoms with E-state index in [1.54, 1.807) is 6.07 Å². The minimum Gasteiger partial charge on any atom is -0.508 e. The number of aliphatic hydroxyl groups is 1. The molecule has 5 aromatic rings. The maximum atomic E-state index is 17.0. The van der Waals surface area contributed by atoms with E-state index in [1.165, 1.54) is 24.4 Å². The highest BCUT2D eigenvalue weighted by Crippen LogP contribution is 2.42. The van der Waals surface area contributed by atoms with Crippen molar-refractivity contribution in [2.75, 3.05) is 31.1 Å². The summed E-state index contributed by atoms with van der Waals surface area (Å²) >= 11 is 0. The normalized spacial score (nSPS) is 21.2. The van der Waals surface area contributed by atoms with Gasteiger partial charge in [0, 0.05) is 37.8 Å². The maximum absolute atomic E-state index is 17.0. The number of phenols is 1. The second-order valence-electron chi connectivity index (χ2n) is 13.1. The number of hydrogen-bond acceptors (Lipinski definition) is 9. The summed E-state index contributed by atoms with van der Waals surface area (Å²) < 4.78 is 54.6. The van der Waals surface area contributed by atoms with Gasteiger partial charge in [-0.15, -0.1) is 0 Å². The Hall–Kier alpha value is -4.49. The Morgan fingerprint density at radius 3 is 2.79 bits per heavy atom. The zero-order valence-electron chi connectivity index (χ0n) is 26.6. The lowest BCUT2D eigenvalue weighted by Crippen LogP contribution is -2.43. The Bertz CT molecular complexity index is 2060. The number of ether oxygens (including phenoxy) is 1. The lowest BCUT2D eigenvalue weighted by Gasteiger charge is -2.31. The number of aryl methyl sites for hydroxylation is 2. The molecule has 250 valence electrons. The molecule has 2 aromatic carbocycles. The Morgan fingerprint density at radius 2 is 1.96 bits per heavy atom. The van der Waals surface area contributed by atoms with Crippen molar-refractivity contribution >= 4 is 27.5 Å². The van der Waals surface area contributed by atoms with Crippen LogP contribution < -0.4 is 9.64 Å². The van der Waals surface area contributed by atoms with Crippen molar-refractivity contribution in [2.45, 2.75) is 70.4 Å². The van der Waals surface area contributed by atoms with Gasteiger partial charge in [0.1, 0.15) is 41.4 Å². The van der Waals surface area contributed by atoms with E-state index in [0.717, 1.165) is 25.1 Å². The van der Waals surface area contributed by atoms with Crippen molar-refractivity contribution in [1.29, 1.82) is 0 Å². The molecule has 0 amide bonds. The smallest absolute Gasteiger partial charge is 0.319 e. The zero-order chi connectivity index (χ0) is 33.2. The van der Waals surface area contributed by atoms with Gasteiger partial charge in [0.05, 0.1) is 35.5 Å². The molecule has 0 bridgehead atoms. The largest absolute Gasteiger partial charge is 0.508 e. The molecule has 0 radical (unpaired) electrons. The second-order valence-corrected chi connectivity index (χ2v) is 13.1. The molecule has 0 unspecified atom stereocenters. The monoisotopic (exact) mass is 659 g/mol. The molecule has 0 aliphatic carbocycles. The number of aromatic hydroxyl groups is 1. The first-order valence-corrected chi connectivity index (χ1v) is 16.5. The number of phenolic OH excluding ortho intramolecular Hbond substituents is 1. The van der Waals surface area contributed by atoms with Crippen molar-refractivity contribution in [3.63, 3.8) is 0 Å². The number of aliphatic hydroxyl groups excluding tert-OH is 1. The van der Waals surface area contributed by atoms with Gasteiger partial charge in [-0.05, 0) is 72.8 Å². The quantitative estimate of drug-likeness (QED) is 0.236. The number of rotatable bonds is 7. The number of anilines is 1. The molecule has 2 N–H and O–H groups in total. The summed E-state index contributed by atoms with van der Waals surface area (Å²) in [6, 6.07) is 7.62. The number of fused-ring (bicyclic) bond motifs is 4. The van der Waals surface area contributed by atoms with E-state index in [2.05, 4.69) is 20.0 Å². The maximum Gasteiger partial charge on any atom is 0.319 e. The molecule has 2 saturated heterocycles. The van der Waals surface area contributed by atoms with Crippen molar-refractivity contribution in [3.05, 3.63) is 65.1 Å².